The first-order chi connectivity index (χ1) is 8.09. The summed E-state index contributed by atoms with van der Waals surface area (Å²) in [6.45, 7) is 10.4. The SMILES string of the molecule is CC(C)COC(OCC(C)C)C1CCCCC1. The predicted octanol–water partition coefficient (Wildman–Crippen LogP) is 4.24. The third-order valence-corrected chi connectivity index (χ3v) is 3.22. The highest BCUT2D eigenvalue weighted by molar-refractivity contribution is 4.69. The van der Waals surface area contributed by atoms with Gasteiger partial charge in [-0.25, -0.2) is 0 Å². The van der Waals surface area contributed by atoms with Crippen LogP contribution in [0.3, 0.4) is 0 Å². The van der Waals surface area contributed by atoms with Crippen LogP contribution in [0.25, 0.3) is 0 Å². The van der Waals surface area contributed by atoms with Gasteiger partial charge in [0.15, 0.2) is 6.29 Å². The van der Waals surface area contributed by atoms with Crippen LogP contribution in [-0.4, -0.2) is 19.5 Å². The van der Waals surface area contributed by atoms with Gasteiger partial charge in [-0.1, -0.05) is 47.0 Å². The van der Waals surface area contributed by atoms with Gasteiger partial charge in [-0.05, 0) is 24.7 Å². The van der Waals surface area contributed by atoms with Crippen LogP contribution in [0.4, 0.5) is 0 Å². The molecule has 0 saturated heterocycles. The zero-order chi connectivity index (χ0) is 12.7. The molecule has 0 heterocycles. The number of rotatable bonds is 7. The molecule has 0 aromatic carbocycles. The second-order valence-electron chi connectivity index (χ2n) is 6.22. The van der Waals surface area contributed by atoms with Crippen molar-refractivity contribution in [2.75, 3.05) is 13.2 Å². The van der Waals surface area contributed by atoms with Gasteiger partial charge in [-0.15, -0.1) is 0 Å². The van der Waals surface area contributed by atoms with E-state index in [-0.39, 0.29) is 6.29 Å². The van der Waals surface area contributed by atoms with Gasteiger partial charge in [0.25, 0.3) is 0 Å². The summed E-state index contributed by atoms with van der Waals surface area (Å²) in [7, 11) is 0. The highest BCUT2D eigenvalue weighted by Crippen LogP contribution is 2.29. The first-order valence-corrected chi connectivity index (χ1v) is 7.32. The molecular weight excluding hydrogens is 212 g/mol. The summed E-state index contributed by atoms with van der Waals surface area (Å²) >= 11 is 0. The van der Waals surface area contributed by atoms with Crippen LogP contribution in [0.15, 0.2) is 0 Å². The summed E-state index contributed by atoms with van der Waals surface area (Å²) in [5.74, 6) is 1.80. The fourth-order valence-electron chi connectivity index (χ4n) is 2.30. The average molecular weight is 242 g/mol. The zero-order valence-corrected chi connectivity index (χ0v) is 12.1. The molecule has 1 aliphatic rings. The van der Waals surface area contributed by atoms with Crippen LogP contribution in [0.2, 0.25) is 0 Å². The molecule has 17 heavy (non-hydrogen) atoms. The van der Waals surface area contributed by atoms with E-state index < -0.39 is 0 Å². The molecule has 0 N–H and O–H groups in total. The Morgan fingerprint density at radius 1 is 0.824 bits per heavy atom. The van der Waals surface area contributed by atoms with E-state index in [2.05, 4.69) is 27.7 Å². The van der Waals surface area contributed by atoms with Crippen molar-refractivity contribution in [2.24, 2.45) is 17.8 Å². The van der Waals surface area contributed by atoms with E-state index in [9.17, 15) is 0 Å². The fourth-order valence-corrected chi connectivity index (χ4v) is 2.30. The van der Waals surface area contributed by atoms with E-state index in [0.29, 0.717) is 17.8 Å². The van der Waals surface area contributed by atoms with Crippen molar-refractivity contribution in [3.05, 3.63) is 0 Å². The van der Waals surface area contributed by atoms with E-state index in [1.54, 1.807) is 0 Å². The molecule has 0 amide bonds. The molecule has 0 radical (unpaired) electrons. The normalized spacial score (nSPS) is 18.5. The smallest absolute Gasteiger partial charge is 0.160 e. The lowest BCUT2D eigenvalue weighted by Crippen LogP contribution is -2.31. The van der Waals surface area contributed by atoms with E-state index in [0.717, 1.165) is 13.2 Å². The summed E-state index contributed by atoms with van der Waals surface area (Å²) in [6.07, 6.45) is 6.67. The third kappa shape index (κ3) is 6.42. The first kappa shape index (κ1) is 15.0. The molecule has 2 nitrogen and oxygen atoms in total. The standard InChI is InChI=1S/C15H30O2/c1-12(2)10-16-15(17-11-13(3)4)14-8-6-5-7-9-14/h12-15H,5-11H2,1-4H3. The Balaban J connectivity index is 2.38. The van der Waals surface area contributed by atoms with Crippen molar-refractivity contribution in [1.29, 1.82) is 0 Å². The third-order valence-electron chi connectivity index (χ3n) is 3.22. The van der Waals surface area contributed by atoms with Crippen molar-refractivity contribution in [2.45, 2.75) is 66.1 Å². The topological polar surface area (TPSA) is 18.5 Å². The van der Waals surface area contributed by atoms with Crippen LogP contribution in [0.1, 0.15) is 59.8 Å². The Labute approximate surface area is 107 Å². The van der Waals surface area contributed by atoms with E-state index in [1.165, 1.54) is 32.1 Å². The van der Waals surface area contributed by atoms with Crippen LogP contribution < -0.4 is 0 Å². The van der Waals surface area contributed by atoms with Gasteiger partial charge < -0.3 is 9.47 Å². The van der Waals surface area contributed by atoms with Crippen LogP contribution in [0, 0.1) is 17.8 Å². The van der Waals surface area contributed by atoms with Crippen molar-refractivity contribution in [3.63, 3.8) is 0 Å². The number of hydrogen-bond acceptors (Lipinski definition) is 2. The molecule has 1 rings (SSSR count). The Bertz CT molecular complexity index is 171. The van der Waals surface area contributed by atoms with Crippen LogP contribution in [-0.2, 0) is 9.47 Å². The van der Waals surface area contributed by atoms with Crippen molar-refractivity contribution >= 4 is 0 Å². The average Bonchev–Trinajstić information content (AvgIpc) is 2.29. The summed E-state index contributed by atoms with van der Waals surface area (Å²) < 4.78 is 11.9. The molecular formula is C15H30O2. The maximum atomic E-state index is 5.97. The van der Waals surface area contributed by atoms with E-state index >= 15 is 0 Å². The minimum absolute atomic E-state index is 0.0418. The fraction of sp³-hybridized carbons (Fsp3) is 1.00. The Kier molecular flexibility index (Phi) is 7.14. The van der Waals surface area contributed by atoms with Gasteiger partial charge in [0.1, 0.15) is 0 Å². The molecule has 102 valence electrons. The van der Waals surface area contributed by atoms with E-state index in [1.807, 2.05) is 0 Å². The molecule has 1 fully saturated rings. The second-order valence-corrected chi connectivity index (χ2v) is 6.22. The highest BCUT2D eigenvalue weighted by Gasteiger charge is 2.25. The summed E-state index contributed by atoms with van der Waals surface area (Å²) in [5, 5.41) is 0. The lowest BCUT2D eigenvalue weighted by atomic mass is 9.88. The molecule has 0 unspecified atom stereocenters. The molecule has 0 aromatic heterocycles. The Hall–Kier alpha value is -0.0800. The van der Waals surface area contributed by atoms with Gasteiger partial charge >= 0.3 is 0 Å². The molecule has 0 spiro atoms. The zero-order valence-electron chi connectivity index (χ0n) is 12.1. The van der Waals surface area contributed by atoms with Gasteiger partial charge in [-0.3, -0.25) is 0 Å². The quantitative estimate of drug-likeness (QED) is 0.622. The van der Waals surface area contributed by atoms with Crippen molar-refractivity contribution in [1.82, 2.24) is 0 Å². The molecule has 0 atom stereocenters. The first-order valence-electron chi connectivity index (χ1n) is 7.32. The minimum atomic E-state index is 0.0418. The molecule has 2 heteroatoms. The van der Waals surface area contributed by atoms with Crippen LogP contribution in [0.5, 0.6) is 0 Å². The van der Waals surface area contributed by atoms with Gasteiger partial charge in [0.2, 0.25) is 0 Å². The molecule has 1 aliphatic carbocycles. The predicted molar refractivity (Wildman–Crippen MR) is 71.9 cm³/mol. The summed E-state index contributed by atoms with van der Waals surface area (Å²) in [4.78, 5) is 0. The lowest BCUT2D eigenvalue weighted by Gasteiger charge is -2.31. The van der Waals surface area contributed by atoms with Gasteiger partial charge in [-0.2, -0.15) is 0 Å². The maximum Gasteiger partial charge on any atom is 0.160 e. The molecule has 0 bridgehead atoms. The van der Waals surface area contributed by atoms with Crippen LogP contribution >= 0.6 is 0 Å². The minimum Gasteiger partial charge on any atom is -0.352 e. The van der Waals surface area contributed by atoms with Crippen molar-refractivity contribution < 1.29 is 9.47 Å². The Morgan fingerprint density at radius 2 is 1.29 bits per heavy atom. The number of ether oxygens (including phenoxy) is 2. The summed E-state index contributed by atoms with van der Waals surface area (Å²) in [5.41, 5.74) is 0. The molecule has 0 aliphatic heterocycles. The summed E-state index contributed by atoms with van der Waals surface area (Å²) in [6, 6.07) is 0. The lowest BCUT2D eigenvalue weighted by molar-refractivity contribution is -0.187. The highest BCUT2D eigenvalue weighted by atomic mass is 16.7. The van der Waals surface area contributed by atoms with Crippen molar-refractivity contribution in [3.8, 4) is 0 Å². The second kappa shape index (κ2) is 8.10. The maximum absolute atomic E-state index is 5.97. The monoisotopic (exact) mass is 242 g/mol. The molecule has 0 aromatic rings. The molecule has 1 saturated carbocycles. The van der Waals surface area contributed by atoms with Gasteiger partial charge in [0.05, 0.1) is 13.2 Å². The van der Waals surface area contributed by atoms with E-state index in [4.69, 9.17) is 9.47 Å². The Morgan fingerprint density at radius 3 is 1.71 bits per heavy atom. The van der Waals surface area contributed by atoms with Gasteiger partial charge in [0, 0.05) is 5.92 Å². The number of hydrogen-bond donors (Lipinski definition) is 0. The largest absolute Gasteiger partial charge is 0.352 e.